The summed E-state index contributed by atoms with van der Waals surface area (Å²) in [7, 11) is 0. The van der Waals surface area contributed by atoms with Gasteiger partial charge >= 0.3 is 0 Å². The molecule has 2 amide bonds. The van der Waals surface area contributed by atoms with E-state index < -0.39 is 11.7 Å². The molecule has 28 heavy (non-hydrogen) atoms. The van der Waals surface area contributed by atoms with Gasteiger partial charge in [-0.1, -0.05) is 36.4 Å². The Bertz CT molecular complexity index is 1010. The number of carbonyl (C=O) groups excluding carboxylic acids is 2. The summed E-state index contributed by atoms with van der Waals surface area (Å²) in [6, 6.07) is 19.6. The van der Waals surface area contributed by atoms with Gasteiger partial charge in [0, 0.05) is 4.47 Å². The van der Waals surface area contributed by atoms with E-state index in [2.05, 4.69) is 26.6 Å². The lowest BCUT2D eigenvalue weighted by Gasteiger charge is -2.12. The SMILES string of the molecule is O=C(COc1ccccc1C(=O)Nc1ccccc1Br)Nc1ccccc1F. The number of amides is 2. The van der Waals surface area contributed by atoms with Crippen LogP contribution in [0, 0.1) is 5.82 Å². The highest BCUT2D eigenvalue weighted by Gasteiger charge is 2.15. The highest BCUT2D eigenvalue weighted by molar-refractivity contribution is 9.10. The summed E-state index contributed by atoms with van der Waals surface area (Å²) in [4.78, 5) is 24.7. The van der Waals surface area contributed by atoms with Crippen molar-refractivity contribution in [3.63, 3.8) is 0 Å². The summed E-state index contributed by atoms with van der Waals surface area (Å²) in [5.41, 5.74) is 0.951. The van der Waals surface area contributed by atoms with E-state index in [-0.39, 0.29) is 29.5 Å². The number of rotatable bonds is 6. The topological polar surface area (TPSA) is 67.4 Å². The number of anilines is 2. The second-order valence-corrected chi connectivity index (χ2v) is 6.60. The van der Waals surface area contributed by atoms with E-state index in [9.17, 15) is 14.0 Å². The van der Waals surface area contributed by atoms with Crippen molar-refractivity contribution in [2.24, 2.45) is 0 Å². The predicted octanol–water partition coefficient (Wildman–Crippen LogP) is 4.86. The van der Waals surface area contributed by atoms with Gasteiger partial charge in [0.15, 0.2) is 6.61 Å². The maximum absolute atomic E-state index is 13.6. The first-order valence-electron chi connectivity index (χ1n) is 8.36. The van der Waals surface area contributed by atoms with Crippen molar-refractivity contribution in [3.8, 4) is 5.75 Å². The van der Waals surface area contributed by atoms with Gasteiger partial charge in [0.25, 0.3) is 11.8 Å². The summed E-state index contributed by atoms with van der Waals surface area (Å²) in [6.45, 7) is -0.367. The molecule has 0 saturated carbocycles. The van der Waals surface area contributed by atoms with E-state index in [0.717, 1.165) is 4.47 Å². The van der Waals surface area contributed by atoms with Crippen molar-refractivity contribution in [2.75, 3.05) is 17.2 Å². The minimum Gasteiger partial charge on any atom is -0.483 e. The second kappa shape index (κ2) is 9.14. The molecule has 142 valence electrons. The number of halogens is 2. The molecular weight excluding hydrogens is 427 g/mol. The molecule has 0 heterocycles. The van der Waals surface area contributed by atoms with Crippen LogP contribution in [0.3, 0.4) is 0 Å². The minimum atomic E-state index is -0.538. The fourth-order valence-corrected chi connectivity index (χ4v) is 2.81. The molecule has 0 unspecified atom stereocenters. The Balaban J connectivity index is 1.67. The van der Waals surface area contributed by atoms with Gasteiger partial charge in [-0.15, -0.1) is 0 Å². The molecule has 0 bridgehead atoms. The highest BCUT2D eigenvalue weighted by Crippen LogP contribution is 2.24. The molecule has 0 fully saturated rings. The van der Waals surface area contributed by atoms with Crippen LogP contribution in [-0.4, -0.2) is 18.4 Å². The van der Waals surface area contributed by atoms with Crippen LogP contribution in [0.25, 0.3) is 0 Å². The maximum atomic E-state index is 13.6. The molecule has 0 saturated heterocycles. The Labute approximate surface area is 169 Å². The van der Waals surface area contributed by atoms with E-state index in [4.69, 9.17) is 4.74 Å². The minimum absolute atomic E-state index is 0.0658. The van der Waals surface area contributed by atoms with Crippen LogP contribution in [-0.2, 0) is 4.79 Å². The zero-order valence-corrected chi connectivity index (χ0v) is 16.2. The van der Waals surface area contributed by atoms with E-state index in [1.807, 2.05) is 12.1 Å². The van der Waals surface area contributed by atoms with Crippen molar-refractivity contribution in [1.29, 1.82) is 0 Å². The van der Waals surface area contributed by atoms with Crippen LogP contribution in [0.5, 0.6) is 5.75 Å². The van der Waals surface area contributed by atoms with E-state index in [1.54, 1.807) is 42.5 Å². The number of para-hydroxylation sites is 3. The zero-order valence-electron chi connectivity index (χ0n) is 14.6. The largest absolute Gasteiger partial charge is 0.483 e. The Kier molecular flexibility index (Phi) is 6.39. The third-order valence-electron chi connectivity index (χ3n) is 3.76. The van der Waals surface area contributed by atoms with Crippen LogP contribution in [0.4, 0.5) is 15.8 Å². The molecule has 2 N–H and O–H groups in total. The van der Waals surface area contributed by atoms with Crippen LogP contribution in [0.15, 0.2) is 77.3 Å². The molecular formula is C21H16BrFN2O3. The van der Waals surface area contributed by atoms with Crippen molar-refractivity contribution < 1.29 is 18.7 Å². The van der Waals surface area contributed by atoms with Gasteiger partial charge in [-0.25, -0.2) is 4.39 Å². The van der Waals surface area contributed by atoms with Gasteiger partial charge < -0.3 is 15.4 Å². The molecule has 0 spiro atoms. The number of ether oxygens (including phenoxy) is 1. The number of nitrogens with one attached hydrogen (secondary N) is 2. The third kappa shape index (κ3) is 4.95. The molecule has 0 aromatic heterocycles. The molecule has 5 nitrogen and oxygen atoms in total. The lowest BCUT2D eigenvalue weighted by Crippen LogP contribution is -2.22. The molecule has 3 aromatic rings. The van der Waals surface area contributed by atoms with Crippen molar-refractivity contribution in [1.82, 2.24) is 0 Å². The Morgan fingerprint density at radius 2 is 1.50 bits per heavy atom. The summed E-state index contributed by atoms with van der Waals surface area (Å²) >= 11 is 3.37. The number of hydrogen-bond donors (Lipinski definition) is 2. The number of benzene rings is 3. The van der Waals surface area contributed by atoms with Crippen LogP contribution < -0.4 is 15.4 Å². The Morgan fingerprint density at radius 1 is 0.857 bits per heavy atom. The molecule has 0 radical (unpaired) electrons. The van der Waals surface area contributed by atoms with Gasteiger partial charge in [0.2, 0.25) is 0 Å². The van der Waals surface area contributed by atoms with Gasteiger partial charge in [0.1, 0.15) is 11.6 Å². The van der Waals surface area contributed by atoms with E-state index >= 15 is 0 Å². The standard InChI is InChI=1S/C21H16BrFN2O3/c22-15-8-2-4-10-17(15)25-21(27)14-7-1-6-12-19(14)28-13-20(26)24-18-11-5-3-9-16(18)23/h1-12H,13H2,(H,24,26)(H,25,27). The number of hydrogen-bond acceptors (Lipinski definition) is 3. The smallest absolute Gasteiger partial charge is 0.262 e. The van der Waals surface area contributed by atoms with Crippen LogP contribution in [0.1, 0.15) is 10.4 Å². The van der Waals surface area contributed by atoms with Crippen LogP contribution >= 0.6 is 15.9 Å². The average molecular weight is 443 g/mol. The second-order valence-electron chi connectivity index (χ2n) is 5.75. The fourth-order valence-electron chi connectivity index (χ4n) is 2.42. The van der Waals surface area contributed by atoms with E-state index in [1.165, 1.54) is 18.2 Å². The molecule has 0 aliphatic heterocycles. The first-order valence-corrected chi connectivity index (χ1v) is 9.16. The first kappa shape index (κ1) is 19.6. The maximum Gasteiger partial charge on any atom is 0.262 e. The molecule has 3 aromatic carbocycles. The summed E-state index contributed by atoms with van der Waals surface area (Å²) in [5.74, 6) is -1.21. The average Bonchev–Trinajstić information content (AvgIpc) is 2.70. The van der Waals surface area contributed by atoms with Gasteiger partial charge in [-0.2, -0.15) is 0 Å². The highest BCUT2D eigenvalue weighted by atomic mass is 79.9. The summed E-state index contributed by atoms with van der Waals surface area (Å²) in [6.07, 6.45) is 0. The Morgan fingerprint density at radius 3 is 2.25 bits per heavy atom. The lowest BCUT2D eigenvalue weighted by atomic mass is 10.2. The predicted molar refractivity (Wildman–Crippen MR) is 109 cm³/mol. The van der Waals surface area contributed by atoms with Gasteiger partial charge in [0.05, 0.1) is 16.9 Å². The van der Waals surface area contributed by atoms with Crippen molar-refractivity contribution in [2.45, 2.75) is 0 Å². The lowest BCUT2D eigenvalue weighted by molar-refractivity contribution is -0.118. The van der Waals surface area contributed by atoms with Crippen molar-refractivity contribution in [3.05, 3.63) is 88.6 Å². The molecule has 3 rings (SSSR count). The first-order chi connectivity index (χ1) is 13.5. The molecule has 0 aliphatic carbocycles. The summed E-state index contributed by atoms with van der Waals surface area (Å²) in [5, 5.41) is 5.22. The molecule has 0 aliphatic rings. The normalized spacial score (nSPS) is 10.2. The molecule has 7 heteroatoms. The van der Waals surface area contributed by atoms with Gasteiger partial charge in [-0.05, 0) is 52.3 Å². The summed E-state index contributed by atoms with van der Waals surface area (Å²) < 4.78 is 19.8. The zero-order chi connectivity index (χ0) is 19.9. The van der Waals surface area contributed by atoms with E-state index in [0.29, 0.717) is 5.69 Å². The molecule has 0 atom stereocenters. The quantitative estimate of drug-likeness (QED) is 0.572. The fraction of sp³-hybridized carbons (Fsp3) is 0.0476. The van der Waals surface area contributed by atoms with Crippen molar-refractivity contribution >= 4 is 39.1 Å². The third-order valence-corrected chi connectivity index (χ3v) is 4.45. The monoisotopic (exact) mass is 442 g/mol. The van der Waals surface area contributed by atoms with Gasteiger partial charge in [-0.3, -0.25) is 9.59 Å². The van der Waals surface area contributed by atoms with Crippen LogP contribution in [0.2, 0.25) is 0 Å². The number of carbonyl (C=O) groups is 2. The Hall–Kier alpha value is -3.19.